The third kappa shape index (κ3) is 21.2. The van der Waals surface area contributed by atoms with Crippen molar-refractivity contribution in [1.82, 2.24) is 28.7 Å². The summed E-state index contributed by atoms with van der Waals surface area (Å²) in [5.74, 6) is 1.02. The summed E-state index contributed by atoms with van der Waals surface area (Å²) in [6.45, 7) is 0. The predicted octanol–water partition coefficient (Wildman–Crippen LogP) is 27.2. The first-order valence-electron chi connectivity index (χ1n) is 42.5. The zero-order valence-corrected chi connectivity index (χ0v) is 73.7. The van der Waals surface area contributed by atoms with Crippen LogP contribution in [0.4, 0.5) is 68.2 Å². The Balaban J connectivity index is 0.000000144. The van der Waals surface area contributed by atoms with Crippen molar-refractivity contribution in [3.63, 3.8) is 0 Å². The van der Waals surface area contributed by atoms with Crippen LogP contribution >= 0.6 is 34.8 Å². The molecule has 0 radical (unpaired) electrons. The lowest BCUT2D eigenvalue weighted by Gasteiger charge is -2.16. The number of nitrogens with one attached hydrogen (secondary N) is 7. The fourth-order valence-electron chi connectivity index (χ4n) is 15.2. The van der Waals surface area contributed by atoms with E-state index in [1.165, 1.54) is 36.4 Å². The molecule has 0 aliphatic heterocycles. The van der Waals surface area contributed by atoms with E-state index in [1.807, 2.05) is 237 Å². The number of carbonyl (C=O) groups is 6. The Bertz CT molecular complexity index is 6980. The minimum atomic E-state index is -0.797. The van der Waals surface area contributed by atoms with Crippen molar-refractivity contribution in [2.45, 2.75) is 0 Å². The maximum atomic E-state index is 14.0. The van der Waals surface area contributed by atoms with Gasteiger partial charge in [0.05, 0.1) is 78.6 Å². The highest BCUT2D eigenvalue weighted by molar-refractivity contribution is 6.70. The second-order valence-electron chi connectivity index (χ2n) is 30.6. The summed E-state index contributed by atoms with van der Waals surface area (Å²) in [6.07, 6.45) is 0. The summed E-state index contributed by atoms with van der Waals surface area (Å²) >= 11 is 15.6. The zero-order valence-electron chi connectivity index (χ0n) is 71.4. The molecule has 17 aromatic carbocycles. The number of anilines is 12. The van der Waals surface area contributed by atoms with E-state index in [-0.39, 0.29) is 33.4 Å². The largest absolute Gasteiger partial charge is 0.397 e. The van der Waals surface area contributed by atoms with Gasteiger partial charge in [-0.25, -0.2) is 15.0 Å². The maximum absolute atomic E-state index is 14.0. The predicted molar refractivity (Wildman–Crippen MR) is 543 cm³/mol. The molecule has 0 aliphatic rings. The van der Waals surface area contributed by atoms with Gasteiger partial charge in [0.2, 0.25) is 0 Å². The van der Waals surface area contributed by atoms with Gasteiger partial charge in [-0.05, 0) is 259 Å². The molecule has 0 saturated carbocycles. The number of halogens is 3. The molecule has 3 aromatic heterocycles. The molecular formula is C111H81Cl3N14O6. The first-order valence-corrected chi connectivity index (χ1v) is 43.7. The van der Waals surface area contributed by atoms with Gasteiger partial charge in [0.25, 0.3) is 33.4 Å². The van der Waals surface area contributed by atoms with Gasteiger partial charge in [0.15, 0.2) is 0 Å². The highest BCUT2D eigenvalue weighted by atomic mass is 35.5. The van der Waals surface area contributed by atoms with E-state index in [0.717, 1.165) is 118 Å². The van der Waals surface area contributed by atoms with E-state index in [1.54, 1.807) is 18.2 Å². The molecule has 0 aliphatic carbocycles. The fraction of sp³-hybridized carbons (Fsp3) is 0. The summed E-state index contributed by atoms with van der Waals surface area (Å²) in [6, 6.07) is 139. The van der Waals surface area contributed by atoms with Gasteiger partial charge in [-0.15, -0.1) is 0 Å². The second kappa shape index (κ2) is 41.7. The Morgan fingerprint density at radius 3 is 0.694 bits per heavy atom. The SMILES string of the molecule is Nc1ccccc1Nc1ccccc1.O=C(Cl)c1cc(C(=O)Cl)cc(C(=O)Cl)c1.O=C(Nc1ccccc1Nc1ccccc1)c1cc(C(=O)Nc2ccccc2Nc2ccccc2)cc(C(=O)Nc2ccccc2Nc2ccccc2)c1.c1ccc(-n2c(-c3cc(-c4nc5ccccc5n4-c4ccccc4)cc(-c4nc5ccccc5n4-c4ccccc4)c3)nc3ccccc32)cc1. The number of imidazole rings is 3. The van der Waals surface area contributed by atoms with Crippen molar-refractivity contribution < 1.29 is 28.8 Å². The number of hydrogen-bond donors (Lipinski definition) is 8. The van der Waals surface area contributed by atoms with Gasteiger partial charge in [0, 0.05) is 89.9 Å². The second-order valence-corrected chi connectivity index (χ2v) is 31.6. The first kappa shape index (κ1) is 88.5. The number of hydrogen-bond acceptors (Lipinski definition) is 14. The first-order chi connectivity index (χ1) is 65.6. The Kier molecular flexibility index (Phi) is 27.5. The highest BCUT2D eigenvalue weighted by Crippen LogP contribution is 2.41. The lowest BCUT2D eigenvalue weighted by Crippen LogP contribution is -2.20. The van der Waals surface area contributed by atoms with Crippen LogP contribution in [0.1, 0.15) is 62.1 Å². The lowest BCUT2D eigenvalue weighted by molar-refractivity contribution is 0.102. The molecule has 3 heterocycles. The summed E-state index contributed by atoms with van der Waals surface area (Å²) in [7, 11) is 0. The number of carbonyl (C=O) groups excluding carboxylic acids is 6. The van der Waals surface area contributed by atoms with Crippen LogP contribution in [0.2, 0.25) is 0 Å². The zero-order chi connectivity index (χ0) is 92.2. The standard InChI is InChI=1S/C45H36N6O3.C45H30N6.C12H12N2.C9H3Cl3O3/c52-43(49-40-25-13-10-22-37(40)46-34-16-4-1-5-17-34)31-28-32(44(53)50-41-26-14-11-23-38(41)47-35-18-6-2-7-19-35)30-33(29-31)45(54)51-42-27-15-12-24-39(42)48-36-20-8-3-9-21-36;1-4-16-34(17-5-1)49-40-25-13-10-22-37(40)46-43(49)31-28-32(44-47-38-23-11-14-26-41(38)50(44)35-18-6-2-7-19-35)30-33(29-31)45-48-39-24-12-15-27-42(39)51(45)36-20-8-3-9-21-36;13-11-8-4-5-9-12(11)14-10-6-2-1-3-7-10;10-7(13)4-1-5(8(11)14)3-6(2-4)9(12)15/h1-30,46-48H,(H,49,52)(H,50,53)(H,51,54);1-30H;1-9,14H,13H2;1-3H. The van der Waals surface area contributed by atoms with Crippen LogP contribution in [-0.2, 0) is 0 Å². The van der Waals surface area contributed by atoms with E-state index in [4.69, 9.17) is 55.5 Å². The van der Waals surface area contributed by atoms with Crippen molar-refractivity contribution in [2.24, 2.45) is 0 Å². The normalized spacial score (nSPS) is 10.7. The number of nitrogens with two attached hydrogens (primary N) is 1. The molecule has 0 saturated heterocycles. The smallest absolute Gasteiger partial charge is 0.255 e. The third-order valence-corrected chi connectivity index (χ3v) is 22.1. The van der Waals surface area contributed by atoms with Crippen LogP contribution in [0.25, 0.3) is 84.3 Å². The van der Waals surface area contributed by atoms with E-state index in [0.29, 0.717) is 34.1 Å². The maximum Gasteiger partial charge on any atom is 0.255 e. The molecule has 20 aromatic rings. The number of nitrogen functional groups attached to an aromatic ring is 1. The van der Waals surface area contributed by atoms with Crippen LogP contribution in [0.15, 0.2) is 437 Å². The van der Waals surface area contributed by atoms with Crippen molar-refractivity contribution in [1.29, 1.82) is 0 Å². The Morgan fingerprint density at radius 1 is 0.224 bits per heavy atom. The molecule has 23 heteroatoms. The Labute approximate surface area is 786 Å². The van der Waals surface area contributed by atoms with Crippen LogP contribution in [-0.4, -0.2) is 62.1 Å². The van der Waals surface area contributed by atoms with Gasteiger partial charge in [-0.2, -0.15) is 0 Å². The number of rotatable bonds is 23. The monoisotopic (exact) mass is 1810 g/mol. The van der Waals surface area contributed by atoms with Crippen LogP contribution in [0, 0.1) is 0 Å². The van der Waals surface area contributed by atoms with Crippen molar-refractivity contribution in [2.75, 3.05) is 43.0 Å². The molecule has 20 nitrogen and oxygen atoms in total. The van der Waals surface area contributed by atoms with Crippen molar-refractivity contribution >= 4 is 170 Å². The average Bonchev–Trinajstić information content (AvgIpc) is 1.58. The van der Waals surface area contributed by atoms with Gasteiger partial charge in [-0.1, -0.05) is 212 Å². The molecule has 0 spiro atoms. The summed E-state index contributed by atoms with van der Waals surface area (Å²) < 4.78 is 6.75. The average molecular weight is 1810 g/mol. The van der Waals surface area contributed by atoms with E-state index in [2.05, 4.69) is 197 Å². The van der Waals surface area contributed by atoms with E-state index < -0.39 is 33.4 Å². The Hall–Kier alpha value is -17.6. The minimum absolute atomic E-state index is 0.00725. The number of amides is 3. The molecule has 0 atom stereocenters. The molecule has 3 amide bonds. The van der Waals surface area contributed by atoms with Crippen molar-refractivity contribution in [3.05, 3.63) is 470 Å². The molecule has 652 valence electrons. The highest BCUT2D eigenvalue weighted by Gasteiger charge is 2.26. The third-order valence-electron chi connectivity index (χ3n) is 21.5. The van der Waals surface area contributed by atoms with E-state index >= 15 is 0 Å². The van der Waals surface area contributed by atoms with Gasteiger partial charge >= 0.3 is 0 Å². The molecule has 0 bridgehead atoms. The quantitative estimate of drug-likeness (QED) is 0.0219. The Morgan fingerprint density at radius 2 is 0.433 bits per heavy atom. The van der Waals surface area contributed by atoms with E-state index in [9.17, 15) is 28.8 Å². The topological polar surface area (TPSA) is 266 Å². The van der Waals surface area contributed by atoms with Gasteiger partial charge in [-0.3, -0.25) is 42.5 Å². The van der Waals surface area contributed by atoms with Crippen LogP contribution in [0.3, 0.4) is 0 Å². The number of nitrogens with zero attached hydrogens (tertiary/aromatic N) is 6. The summed E-state index contributed by atoms with van der Waals surface area (Å²) in [4.78, 5) is 90.3. The summed E-state index contributed by atoms with van der Waals surface area (Å²) in [5.41, 5.74) is 26.9. The molecule has 134 heavy (non-hydrogen) atoms. The minimum Gasteiger partial charge on any atom is -0.397 e. The number of aromatic nitrogens is 6. The fourth-order valence-corrected chi connectivity index (χ4v) is 15.5. The number of fused-ring (bicyclic) bond motifs is 3. The molecule has 20 rings (SSSR count). The van der Waals surface area contributed by atoms with Gasteiger partial charge in [0.1, 0.15) is 17.5 Å². The molecular weight excluding hydrogens is 1730 g/mol. The molecule has 0 unspecified atom stereocenters. The van der Waals surface area contributed by atoms with Crippen LogP contribution < -0.4 is 43.0 Å². The number of benzene rings is 17. The van der Waals surface area contributed by atoms with Gasteiger partial charge < -0.3 is 43.0 Å². The molecule has 0 fully saturated rings. The number of para-hydroxylation sites is 21. The summed E-state index contributed by atoms with van der Waals surface area (Å²) in [5, 5.41) is 19.8. The molecule has 9 N–H and O–H groups in total. The lowest BCUT2D eigenvalue weighted by atomic mass is 10.0. The van der Waals surface area contributed by atoms with Crippen molar-refractivity contribution in [3.8, 4) is 51.2 Å². The van der Waals surface area contributed by atoms with Crippen LogP contribution in [0.5, 0.6) is 0 Å².